The van der Waals surface area contributed by atoms with Crippen LogP contribution in [0.5, 0.6) is 0 Å². The second-order valence-electron chi connectivity index (χ2n) is 6.16. The molecule has 0 bridgehead atoms. The Morgan fingerprint density at radius 1 is 1.03 bits per heavy atom. The predicted octanol–water partition coefficient (Wildman–Crippen LogP) is 5.56. The van der Waals surface area contributed by atoms with Gasteiger partial charge in [-0.2, -0.15) is 13.2 Å². The van der Waals surface area contributed by atoms with E-state index in [1.807, 2.05) is 0 Å². The smallest absolute Gasteiger partial charge is 0.323 e. The molecule has 1 atom stereocenters. The van der Waals surface area contributed by atoms with Crippen molar-refractivity contribution in [3.05, 3.63) is 71.9 Å². The van der Waals surface area contributed by atoms with Crippen LogP contribution in [0.2, 0.25) is 0 Å². The highest BCUT2D eigenvalue weighted by atomic mass is 32.2. The summed E-state index contributed by atoms with van der Waals surface area (Å²) in [6, 6.07) is 11.6. The van der Waals surface area contributed by atoms with E-state index < -0.39 is 34.7 Å². The third kappa shape index (κ3) is 5.32. The van der Waals surface area contributed by atoms with Gasteiger partial charge in [0.15, 0.2) is 5.16 Å². The Morgan fingerprint density at radius 2 is 1.73 bits per heavy atom. The summed E-state index contributed by atoms with van der Waals surface area (Å²) < 4.78 is 66.8. The number of nitrogens with zero attached hydrogens (tertiary/aromatic N) is 2. The van der Waals surface area contributed by atoms with Gasteiger partial charge in [-0.05, 0) is 25.1 Å². The Balaban J connectivity index is 1.85. The van der Waals surface area contributed by atoms with E-state index >= 15 is 0 Å². The number of aromatic nitrogens is 2. The van der Waals surface area contributed by atoms with E-state index in [1.54, 1.807) is 30.3 Å². The minimum atomic E-state index is -4.71. The molecule has 30 heavy (non-hydrogen) atoms. The molecule has 1 N–H and O–H groups in total. The van der Waals surface area contributed by atoms with E-state index in [4.69, 9.17) is 0 Å². The number of carbonyl (C=O) groups is 1. The van der Waals surface area contributed by atoms with Gasteiger partial charge in [0.2, 0.25) is 5.91 Å². The molecule has 10 heteroatoms. The van der Waals surface area contributed by atoms with Crippen LogP contribution in [0.15, 0.2) is 59.8 Å². The van der Waals surface area contributed by atoms with Gasteiger partial charge in [0.05, 0.1) is 16.6 Å². The topological polar surface area (TPSA) is 54.9 Å². The summed E-state index contributed by atoms with van der Waals surface area (Å²) in [5.74, 6) is -2.34. The average molecular weight is 439 g/mol. The molecule has 0 aliphatic carbocycles. The van der Waals surface area contributed by atoms with Crippen molar-refractivity contribution in [2.75, 3.05) is 5.32 Å². The van der Waals surface area contributed by atoms with Crippen molar-refractivity contribution in [1.82, 2.24) is 9.97 Å². The molecule has 0 spiro atoms. The number of carbonyl (C=O) groups excluding carboxylic acids is 1. The molecule has 0 radical (unpaired) electrons. The zero-order chi connectivity index (χ0) is 21.9. The monoisotopic (exact) mass is 439 g/mol. The number of halogens is 5. The predicted molar refractivity (Wildman–Crippen MR) is 103 cm³/mol. The van der Waals surface area contributed by atoms with Gasteiger partial charge in [-0.25, -0.2) is 18.7 Å². The lowest BCUT2D eigenvalue weighted by Gasteiger charge is -2.14. The number of thioether (sulfide) groups is 1. The summed E-state index contributed by atoms with van der Waals surface area (Å²) in [4.78, 5) is 19.9. The van der Waals surface area contributed by atoms with Crippen LogP contribution >= 0.6 is 11.8 Å². The molecule has 1 amide bonds. The van der Waals surface area contributed by atoms with E-state index in [2.05, 4.69) is 15.3 Å². The number of anilines is 1. The molecule has 2 aromatic carbocycles. The van der Waals surface area contributed by atoms with Crippen molar-refractivity contribution in [1.29, 1.82) is 0 Å². The number of benzene rings is 2. The van der Waals surface area contributed by atoms with Crippen LogP contribution in [0.3, 0.4) is 0 Å². The van der Waals surface area contributed by atoms with Gasteiger partial charge >= 0.3 is 6.18 Å². The summed E-state index contributed by atoms with van der Waals surface area (Å²) in [5, 5.41) is 0.951. The average Bonchev–Trinajstić information content (AvgIpc) is 2.70. The summed E-state index contributed by atoms with van der Waals surface area (Å²) in [5.41, 5.74) is -1.03. The fraction of sp³-hybridized carbons (Fsp3) is 0.150. The summed E-state index contributed by atoms with van der Waals surface area (Å²) in [6.07, 6.45) is -4.71. The van der Waals surface area contributed by atoms with Gasteiger partial charge in [-0.3, -0.25) is 4.79 Å². The van der Waals surface area contributed by atoms with Crippen molar-refractivity contribution < 1.29 is 26.7 Å². The third-order valence-electron chi connectivity index (χ3n) is 3.90. The summed E-state index contributed by atoms with van der Waals surface area (Å²) in [7, 11) is 0. The first kappa shape index (κ1) is 21.7. The van der Waals surface area contributed by atoms with Crippen molar-refractivity contribution in [2.45, 2.75) is 23.5 Å². The molecular weight excluding hydrogens is 425 g/mol. The van der Waals surface area contributed by atoms with E-state index in [9.17, 15) is 26.7 Å². The lowest BCUT2D eigenvalue weighted by molar-refractivity contribution is -0.141. The largest absolute Gasteiger partial charge is 0.433 e. The van der Waals surface area contributed by atoms with Crippen LogP contribution in [0, 0.1) is 11.6 Å². The molecule has 3 aromatic rings. The van der Waals surface area contributed by atoms with Gasteiger partial charge in [0, 0.05) is 11.6 Å². The second-order valence-corrected chi connectivity index (χ2v) is 7.47. The lowest BCUT2D eigenvalue weighted by Crippen LogP contribution is -2.23. The maximum Gasteiger partial charge on any atom is 0.433 e. The molecule has 4 nitrogen and oxygen atoms in total. The van der Waals surface area contributed by atoms with E-state index in [1.165, 1.54) is 6.92 Å². The van der Waals surface area contributed by atoms with Crippen LogP contribution in [-0.4, -0.2) is 21.1 Å². The van der Waals surface area contributed by atoms with E-state index in [0.29, 0.717) is 17.3 Å². The van der Waals surface area contributed by atoms with Crippen LogP contribution in [0.4, 0.5) is 27.6 Å². The Bertz CT molecular complexity index is 1060. The number of hydrogen-bond donors (Lipinski definition) is 1. The molecule has 1 heterocycles. The molecule has 0 saturated heterocycles. The first-order valence-electron chi connectivity index (χ1n) is 8.58. The van der Waals surface area contributed by atoms with Crippen LogP contribution < -0.4 is 5.32 Å². The Kier molecular flexibility index (Phi) is 6.35. The van der Waals surface area contributed by atoms with Crippen molar-refractivity contribution >= 4 is 23.4 Å². The number of rotatable bonds is 5. The van der Waals surface area contributed by atoms with E-state index in [0.717, 1.165) is 24.3 Å². The zero-order valence-corrected chi connectivity index (χ0v) is 16.2. The number of amides is 1. The van der Waals surface area contributed by atoms with Gasteiger partial charge in [0.1, 0.15) is 17.3 Å². The maximum atomic E-state index is 13.7. The molecule has 0 unspecified atom stereocenters. The van der Waals surface area contributed by atoms with E-state index in [-0.39, 0.29) is 16.5 Å². The zero-order valence-electron chi connectivity index (χ0n) is 15.4. The molecule has 156 valence electrons. The van der Waals surface area contributed by atoms with Gasteiger partial charge < -0.3 is 5.32 Å². The lowest BCUT2D eigenvalue weighted by atomic mass is 10.1. The normalized spacial score (nSPS) is 12.5. The van der Waals surface area contributed by atoms with Crippen LogP contribution in [0.1, 0.15) is 12.6 Å². The fourth-order valence-corrected chi connectivity index (χ4v) is 3.20. The standard InChI is InChI=1S/C20H14F5N3OS/c1-11(18(29)26-16-9-13(21)7-8-14(16)22)30-19-27-15(12-5-3-2-4-6-12)10-17(28-19)20(23,24)25/h2-11H,1H3,(H,26,29)/t11-/m1/s1. The quantitative estimate of drug-likeness (QED) is 0.321. The molecule has 0 fully saturated rings. The summed E-state index contributed by atoms with van der Waals surface area (Å²) in [6.45, 7) is 1.39. The van der Waals surface area contributed by atoms with Crippen LogP contribution in [0.25, 0.3) is 11.3 Å². The molecule has 0 saturated carbocycles. The molecule has 1 aromatic heterocycles. The summed E-state index contributed by atoms with van der Waals surface area (Å²) >= 11 is 0.670. The SMILES string of the molecule is C[C@@H](Sc1nc(-c2ccccc2)cc(C(F)(F)F)n1)C(=O)Nc1cc(F)ccc1F. The van der Waals surface area contributed by atoms with Crippen molar-refractivity contribution in [2.24, 2.45) is 0 Å². The van der Waals surface area contributed by atoms with Gasteiger partial charge in [0.25, 0.3) is 0 Å². The third-order valence-corrected chi connectivity index (χ3v) is 4.86. The molecule has 0 aliphatic rings. The highest BCUT2D eigenvalue weighted by Crippen LogP contribution is 2.33. The first-order valence-corrected chi connectivity index (χ1v) is 9.46. The van der Waals surface area contributed by atoms with Gasteiger partial charge in [-0.15, -0.1) is 0 Å². The molecule has 3 rings (SSSR count). The Labute approximate surface area is 172 Å². The van der Waals surface area contributed by atoms with Gasteiger partial charge in [-0.1, -0.05) is 42.1 Å². The maximum absolute atomic E-state index is 13.7. The number of nitrogens with one attached hydrogen (secondary N) is 1. The Hall–Kier alpha value is -3.01. The Morgan fingerprint density at radius 3 is 2.40 bits per heavy atom. The first-order chi connectivity index (χ1) is 14.1. The minimum Gasteiger partial charge on any atom is -0.323 e. The van der Waals surface area contributed by atoms with Crippen molar-refractivity contribution in [3.8, 4) is 11.3 Å². The van der Waals surface area contributed by atoms with Crippen LogP contribution in [-0.2, 0) is 11.0 Å². The second kappa shape index (κ2) is 8.78. The highest BCUT2D eigenvalue weighted by Gasteiger charge is 2.34. The molecular formula is C20H14F5N3OS. The molecule has 0 aliphatic heterocycles. The number of alkyl halides is 3. The number of hydrogen-bond acceptors (Lipinski definition) is 4. The minimum absolute atomic E-state index is 0.0456. The fourth-order valence-electron chi connectivity index (χ4n) is 2.42. The van der Waals surface area contributed by atoms with Crippen molar-refractivity contribution in [3.63, 3.8) is 0 Å². The highest BCUT2D eigenvalue weighted by molar-refractivity contribution is 8.00.